The number of aliphatic hydroxyl groups is 1. The second-order valence-corrected chi connectivity index (χ2v) is 18.7. The third-order valence-corrected chi connectivity index (χ3v) is 12.7. The Morgan fingerprint density at radius 1 is 0.942 bits per heavy atom. The maximum Gasteiger partial charge on any atom is 0.410 e. The van der Waals surface area contributed by atoms with Crippen LogP contribution in [0.25, 0.3) is 11.3 Å². The first-order valence-corrected chi connectivity index (χ1v) is 21.2. The van der Waals surface area contributed by atoms with Gasteiger partial charge in [0.2, 0.25) is 10.0 Å². The second kappa shape index (κ2) is 16.4. The smallest absolute Gasteiger partial charge is 0.410 e. The Morgan fingerprint density at radius 2 is 1.60 bits per heavy atom. The van der Waals surface area contributed by atoms with Gasteiger partial charge in [-0.2, -0.15) is 9.40 Å². The van der Waals surface area contributed by atoms with Crippen molar-refractivity contribution in [1.29, 1.82) is 0 Å². The maximum absolute atomic E-state index is 12.6. The Labute approximate surface area is 319 Å². The molecule has 1 aromatic heterocycles. The third-order valence-electron chi connectivity index (χ3n) is 10.8. The van der Waals surface area contributed by atoms with Crippen LogP contribution in [0.1, 0.15) is 68.8 Å². The van der Waals surface area contributed by atoms with Gasteiger partial charge in [-0.1, -0.05) is 41.4 Å². The predicted octanol–water partition coefficient (Wildman–Crippen LogP) is 6.68. The fourth-order valence-corrected chi connectivity index (χ4v) is 9.14. The molecule has 3 aliphatic rings. The van der Waals surface area contributed by atoms with Gasteiger partial charge in [0.15, 0.2) is 0 Å². The summed E-state index contributed by atoms with van der Waals surface area (Å²) in [7, 11) is -3.40. The van der Waals surface area contributed by atoms with Crippen LogP contribution in [0.2, 0.25) is 10.0 Å². The normalized spacial score (nSPS) is 19.1. The molecule has 0 saturated carbocycles. The van der Waals surface area contributed by atoms with Crippen molar-refractivity contribution in [1.82, 2.24) is 23.9 Å². The Morgan fingerprint density at radius 3 is 2.23 bits per heavy atom. The minimum atomic E-state index is -3.40. The van der Waals surface area contributed by atoms with Crippen LogP contribution in [0.5, 0.6) is 0 Å². The molecule has 2 aromatic carbocycles. The van der Waals surface area contributed by atoms with Crippen LogP contribution in [-0.2, 0) is 47.1 Å². The second-order valence-electron chi connectivity index (χ2n) is 15.8. The largest absolute Gasteiger partial charge is 0.444 e. The van der Waals surface area contributed by atoms with Crippen LogP contribution >= 0.6 is 23.2 Å². The number of amides is 1. The maximum atomic E-state index is 12.6. The van der Waals surface area contributed by atoms with Gasteiger partial charge in [0, 0.05) is 66.0 Å². The zero-order valence-corrected chi connectivity index (χ0v) is 33.2. The van der Waals surface area contributed by atoms with E-state index in [0.717, 1.165) is 98.3 Å². The number of fused-ring (bicyclic) bond motifs is 1. The van der Waals surface area contributed by atoms with E-state index < -0.39 is 21.7 Å². The van der Waals surface area contributed by atoms with Crippen molar-refractivity contribution in [3.05, 3.63) is 74.9 Å². The number of rotatable bonds is 10. The first-order chi connectivity index (χ1) is 24.6. The molecule has 1 N–H and O–H groups in total. The molecule has 0 radical (unpaired) electrons. The molecule has 2 saturated heterocycles. The average molecular weight is 775 g/mol. The minimum absolute atomic E-state index is 0.212. The number of sulfonamides is 1. The molecule has 0 aliphatic carbocycles. The molecule has 0 bridgehead atoms. The molecule has 3 aliphatic heterocycles. The molecule has 6 rings (SSSR count). The number of carbonyl (C=O) groups excluding carboxylic acids is 1. The highest BCUT2D eigenvalue weighted by atomic mass is 35.5. The molecular formula is C39H53Cl2N5O5S. The average Bonchev–Trinajstić information content (AvgIpc) is 3.45. The number of likely N-dealkylation sites (tertiary alicyclic amines) is 2. The van der Waals surface area contributed by atoms with Crippen molar-refractivity contribution in [2.45, 2.75) is 90.5 Å². The first kappa shape index (κ1) is 39.0. The monoisotopic (exact) mass is 773 g/mol. The molecule has 284 valence electrons. The van der Waals surface area contributed by atoms with Gasteiger partial charge < -0.3 is 19.6 Å². The lowest BCUT2D eigenvalue weighted by atomic mass is 9.79. The highest BCUT2D eigenvalue weighted by molar-refractivity contribution is 7.88. The SMILES string of the molecule is CC(C)(C)OC(=O)N1CCC(C2CCN(C[C@H](O)Cn3nc(-c4ccc(Cl)c(CCc5ccc(Cl)cc5)c4)c4c3CCN(S(C)(=O)=O)C4)CC2)CC1. The first-order valence-electron chi connectivity index (χ1n) is 18.6. The molecule has 10 nitrogen and oxygen atoms in total. The van der Waals surface area contributed by atoms with Crippen LogP contribution in [0, 0.1) is 11.8 Å². The molecular weight excluding hydrogens is 721 g/mol. The molecule has 1 amide bonds. The highest BCUT2D eigenvalue weighted by Crippen LogP contribution is 2.35. The Balaban J connectivity index is 1.09. The van der Waals surface area contributed by atoms with E-state index in [2.05, 4.69) is 11.0 Å². The number of carbonyl (C=O) groups is 1. The number of aliphatic hydroxyl groups excluding tert-OH is 1. The van der Waals surface area contributed by atoms with E-state index in [1.807, 2.05) is 66.8 Å². The van der Waals surface area contributed by atoms with E-state index in [0.29, 0.717) is 47.9 Å². The molecule has 13 heteroatoms. The molecule has 0 unspecified atom stereocenters. The summed E-state index contributed by atoms with van der Waals surface area (Å²) in [4.78, 5) is 16.7. The number of aromatic nitrogens is 2. The number of hydrogen-bond acceptors (Lipinski definition) is 7. The Hall–Kier alpha value is -2.67. The summed E-state index contributed by atoms with van der Waals surface area (Å²) < 4.78 is 34.2. The number of β-amino-alcohol motifs (C(OH)–C–C–N with tert-alkyl or cyclic N) is 1. The predicted molar refractivity (Wildman–Crippen MR) is 206 cm³/mol. The number of aryl methyl sites for hydroxylation is 2. The van der Waals surface area contributed by atoms with Gasteiger partial charge in [-0.15, -0.1) is 0 Å². The number of nitrogens with zero attached hydrogens (tertiary/aromatic N) is 5. The summed E-state index contributed by atoms with van der Waals surface area (Å²) in [5, 5.41) is 17.8. The van der Waals surface area contributed by atoms with Crippen molar-refractivity contribution >= 4 is 39.3 Å². The van der Waals surface area contributed by atoms with Crippen LogP contribution in [-0.4, -0.2) is 101 Å². The van der Waals surface area contributed by atoms with Crippen molar-refractivity contribution in [3.63, 3.8) is 0 Å². The van der Waals surface area contributed by atoms with E-state index in [1.165, 1.54) is 10.6 Å². The number of piperidine rings is 2. The van der Waals surface area contributed by atoms with Gasteiger partial charge in [0.1, 0.15) is 5.60 Å². The highest BCUT2D eigenvalue weighted by Gasteiger charge is 2.34. The summed E-state index contributed by atoms with van der Waals surface area (Å²) in [6.07, 6.45) is 6.65. The van der Waals surface area contributed by atoms with Crippen molar-refractivity contribution in [3.8, 4) is 11.3 Å². The molecule has 1 atom stereocenters. The molecule has 2 fully saturated rings. The standard InChI is InChI=1S/C39H53Cl2N5O5S/c1-39(2,3)51-38(48)44-20-15-29(16-21-44)28-13-18-43(19-14-28)24-33(47)25-46-36-17-22-45(52(4,49)50)26-34(36)37(42-46)31-9-12-35(41)30(23-31)8-5-27-6-10-32(40)11-7-27/h6-7,9-12,23,28-29,33,47H,5,8,13-22,24-26H2,1-4H3/t33-/m0/s1. The number of ether oxygens (including phenoxy) is 1. The fraction of sp³-hybridized carbons (Fsp3) is 0.590. The molecule has 3 aromatic rings. The van der Waals surface area contributed by atoms with Gasteiger partial charge in [-0.25, -0.2) is 13.2 Å². The van der Waals surface area contributed by atoms with E-state index in [9.17, 15) is 18.3 Å². The summed E-state index contributed by atoms with van der Waals surface area (Å²) in [6.45, 7) is 10.6. The van der Waals surface area contributed by atoms with Crippen molar-refractivity contribution in [2.24, 2.45) is 11.8 Å². The fourth-order valence-electron chi connectivity index (χ4n) is 8.02. The summed E-state index contributed by atoms with van der Waals surface area (Å²) in [6, 6.07) is 13.7. The summed E-state index contributed by atoms with van der Waals surface area (Å²) in [5.74, 6) is 1.24. The van der Waals surface area contributed by atoms with E-state index in [-0.39, 0.29) is 12.6 Å². The van der Waals surface area contributed by atoms with Crippen LogP contribution in [0.3, 0.4) is 0 Å². The van der Waals surface area contributed by atoms with Crippen LogP contribution < -0.4 is 0 Å². The Kier molecular flexibility index (Phi) is 12.3. The van der Waals surface area contributed by atoms with Crippen LogP contribution in [0.15, 0.2) is 42.5 Å². The zero-order valence-electron chi connectivity index (χ0n) is 30.9. The van der Waals surface area contributed by atoms with Gasteiger partial charge >= 0.3 is 6.09 Å². The molecule has 4 heterocycles. The zero-order chi connectivity index (χ0) is 37.2. The van der Waals surface area contributed by atoms with E-state index >= 15 is 0 Å². The molecule has 52 heavy (non-hydrogen) atoms. The van der Waals surface area contributed by atoms with Crippen molar-refractivity contribution < 1.29 is 23.1 Å². The Bertz CT molecular complexity index is 1810. The van der Waals surface area contributed by atoms with Gasteiger partial charge in [0.25, 0.3) is 0 Å². The van der Waals surface area contributed by atoms with Gasteiger partial charge in [0.05, 0.1) is 24.6 Å². The lowest BCUT2D eigenvalue weighted by Crippen LogP contribution is -2.45. The summed E-state index contributed by atoms with van der Waals surface area (Å²) in [5.41, 5.74) is 5.15. The quantitative estimate of drug-likeness (QED) is 0.245. The number of hydrogen-bond donors (Lipinski definition) is 1. The lowest BCUT2D eigenvalue weighted by Gasteiger charge is -2.40. The van der Waals surface area contributed by atoms with Crippen LogP contribution in [0.4, 0.5) is 4.79 Å². The summed E-state index contributed by atoms with van der Waals surface area (Å²) >= 11 is 12.7. The van der Waals surface area contributed by atoms with Gasteiger partial charge in [-0.3, -0.25) is 4.68 Å². The third kappa shape index (κ3) is 9.89. The van der Waals surface area contributed by atoms with Gasteiger partial charge in [-0.05, 0) is 120 Å². The van der Waals surface area contributed by atoms with Crippen molar-refractivity contribution in [2.75, 3.05) is 45.5 Å². The number of halogens is 2. The van der Waals surface area contributed by atoms with E-state index in [1.54, 1.807) is 0 Å². The topological polar surface area (TPSA) is 108 Å². The molecule has 0 spiro atoms. The minimum Gasteiger partial charge on any atom is -0.444 e. The van der Waals surface area contributed by atoms with E-state index in [4.69, 9.17) is 33.0 Å². The lowest BCUT2D eigenvalue weighted by molar-refractivity contribution is 0.0123. The number of benzene rings is 2.